The topological polar surface area (TPSA) is 50.2 Å². The molecule has 0 aliphatic heterocycles. The minimum absolute atomic E-state index is 0.109. The van der Waals surface area contributed by atoms with E-state index in [0.29, 0.717) is 0 Å². The van der Waals surface area contributed by atoms with Crippen LogP contribution in [0.15, 0.2) is 6.20 Å². The third kappa shape index (κ3) is 1.28. The number of ketones is 1. The van der Waals surface area contributed by atoms with Gasteiger partial charge in [0.15, 0.2) is 11.6 Å². The predicted molar refractivity (Wildman–Crippen MR) is 40.6 cm³/mol. The highest BCUT2D eigenvalue weighted by Gasteiger charge is 2.15. The molecule has 64 valence electrons. The van der Waals surface area contributed by atoms with Crippen LogP contribution < -0.4 is 0 Å². The number of Topliss-reactive ketones (excluding diaryl/α,β-unsaturated/α-hetero) is 1. The van der Waals surface area contributed by atoms with Crippen LogP contribution in [0.2, 0.25) is 0 Å². The first-order valence-corrected chi connectivity index (χ1v) is 3.39. The molecule has 0 amide bonds. The summed E-state index contributed by atoms with van der Waals surface area (Å²) >= 11 is 0. The van der Waals surface area contributed by atoms with Gasteiger partial charge in [0.2, 0.25) is 0 Å². The van der Waals surface area contributed by atoms with E-state index in [1.54, 1.807) is 0 Å². The van der Waals surface area contributed by atoms with Crippen molar-refractivity contribution in [2.45, 2.75) is 13.8 Å². The van der Waals surface area contributed by atoms with Crippen molar-refractivity contribution >= 4 is 5.78 Å². The molecule has 0 saturated heterocycles. The lowest BCUT2D eigenvalue weighted by molar-refractivity contribution is 0.101. The highest BCUT2D eigenvalue weighted by Crippen LogP contribution is 2.20. The molecule has 0 aliphatic carbocycles. The van der Waals surface area contributed by atoms with Crippen LogP contribution in [0.5, 0.6) is 5.75 Å². The van der Waals surface area contributed by atoms with E-state index in [1.165, 1.54) is 13.8 Å². The van der Waals surface area contributed by atoms with Gasteiger partial charge in [0, 0.05) is 0 Å². The van der Waals surface area contributed by atoms with Crippen molar-refractivity contribution in [2.24, 2.45) is 0 Å². The fourth-order valence-electron chi connectivity index (χ4n) is 0.907. The number of carbonyl (C=O) groups is 1. The van der Waals surface area contributed by atoms with Gasteiger partial charge in [-0.25, -0.2) is 4.39 Å². The van der Waals surface area contributed by atoms with Crippen molar-refractivity contribution in [3.05, 3.63) is 23.3 Å². The van der Waals surface area contributed by atoms with E-state index in [1.807, 2.05) is 0 Å². The Balaban J connectivity index is 3.43. The van der Waals surface area contributed by atoms with Crippen molar-refractivity contribution in [2.75, 3.05) is 0 Å². The molecule has 1 N–H and O–H groups in total. The summed E-state index contributed by atoms with van der Waals surface area (Å²) in [5.74, 6) is -1.66. The van der Waals surface area contributed by atoms with E-state index in [-0.39, 0.29) is 11.3 Å². The van der Waals surface area contributed by atoms with E-state index in [0.717, 1.165) is 6.20 Å². The Morgan fingerprint density at radius 1 is 1.67 bits per heavy atom. The van der Waals surface area contributed by atoms with Crippen LogP contribution in [-0.4, -0.2) is 15.9 Å². The second kappa shape index (κ2) is 2.89. The van der Waals surface area contributed by atoms with Gasteiger partial charge in [-0.05, 0) is 13.8 Å². The highest BCUT2D eigenvalue weighted by molar-refractivity contribution is 5.96. The maximum atomic E-state index is 13.1. The molecule has 1 heterocycles. The average molecular weight is 169 g/mol. The third-order valence-corrected chi connectivity index (χ3v) is 1.53. The van der Waals surface area contributed by atoms with Crippen LogP contribution in [0, 0.1) is 12.7 Å². The number of aromatic hydroxyl groups is 1. The number of pyridine rings is 1. The van der Waals surface area contributed by atoms with E-state index in [2.05, 4.69) is 4.98 Å². The maximum absolute atomic E-state index is 13.1. The number of hydrogen-bond donors (Lipinski definition) is 1. The van der Waals surface area contributed by atoms with E-state index >= 15 is 0 Å². The van der Waals surface area contributed by atoms with Gasteiger partial charge in [0.05, 0.1) is 17.5 Å². The summed E-state index contributed by atoms with van der Waals surface area (Å²) in [5.41, 5.74) is -0.180. The van der Waals surface area contributed by atoms with Crippen molar-refractivity contribution in [1.82, 2.24) is 4.98 Å². The summed E-state index contributed by atoms with van der Waals surface area (Å²) in [7, 11) is 0. The molecule has 0 saturated carbocycles. The molecule has 0 atom stereocenters. The quantitative estimate of drug-likeness (QED) is 0.647. The van der Waals surface area contributed by atoms with Crippen LogP contribution in [0.3, 0.4) is 0 Å². The van der Waals surface area contributed by atoms with E-state index in [4.69, 9.17) is 5.11 Å². The molecule has 0 bridgehead atoms. The zero-order valence-electron chi connectivity index (χ0n) is 6.76. The van der Waals surface area contributed by atoms with Gasteiger partial charge in [0.25, 0.3) is 0 Å². The summed E-state index contributed by atoms with van der Waals surface area (Å²) in [6.45, 7) is 2.62. The van der Waals surface area contributed by atoms with Crippen LogP contribution in [0.1, 0.15) is 23.0 Å². The molecule has 1 rings (SSSR count). The molecule has 4 heteroatoms. The molecule has 0 fully saturated rings. The Labute approximate surface area is 68.9 Å². The van der Waals surface area contributed by atoms with E-state index in [9.17, 15) is 9.18 Å². The fourth-order valence-corrected chi connectivity index (χ4v) is 0.907. The van der Waals surface area contributed by atoms with Crippen LogP contribution in [0.25, 0.3) is 0 Å². The van der Waals surface area contributed by atoms with Gasteiger partial charge < -0.3 is 5.11 Å². The monoisotopic (exact) mass is 169 g/mol. The Kier molecular flexibility index (Phi) is 2.08. The van der Waals surface area contributed by atoms with Gasteiger partial charge >= 0.3 is 0 Å². The molecular weight excluding hydrogens is 161 g/mol. The van der Waals surface area contributed by atoms with Gasteiger partial charge in [-0.1, -0.05) is 0 Å². The summed E-state index contributed by atoms with van der Waals surface area (Å²) in [4.78, 5) is 14.4. The number of halogens is 1. The first-order valence-electron chi connectivity index (χ1n) is 3.39. The number of hydrogen-bond acceptors (Lipinski definition) is 3. The molecular formula is C8H8FNO2. The van der Waals surface area contributed by atoms with Crippen molar-refractivity contribution < 1.29 is 14.3 Å². The number of aryl methyl sites for hydroxylation is 1. The maximum Gasteiger partial charge on any atom is 0.166 e. The number of rotatable bonds is 1. The van der Waals surface area contributed by atoms with Crippen molar-refractivity contribution in [3.63, 3.8) is 0 Å². The third-order valence-electron chi connectivity index (χ3n) is 1.53. The largest absolute Gasteiger partial charge is 0.505 e. The Bertz CT molecular complexity index is 336. The van der Waals surface area contributed by atoms with Gasteiger partial charge in [-0.15, -0.1) is 0 Å². The SMILES string of the molecule is CC(=O)c1c(O)cnc(C)c1F. The first-order chi connectivity index (χ1) is 5.54. The number of nitrogens with zero attached hydrogens (tertiary/aromatic N) is 1. The van der Waals surface area contributed by atoms with Gasteiger partial charge in [-0.2, -0.15) is 0 Å². The predicted octanol–water partition coefficient (Wildman–Crippen LogP) is 1.44. The van der Waals surface area contributed by atoms with Gasteiger partial charge in [-0.3, -0.25) is 9.78 Å². The zero-order valence-corrected chi connectivity index (χ0v) is 6.76. The fraction of sp³-hybridized carbons (Fsp3) is 0.250. The number of carbonyl (C=O) groups excluding carboxylic acids is 1. The van der Waals surface area contributed by atoms with Crippen molar-refractivity contribution in [3.8, 4) is 5.75 Å². The molecule has 0 aliphatic rings. The Morgan fingerprint density at radius 2 is 2.25 bits per heavy atom. The summed E-state index contributed by atoms with van der Waals surface area (Å²) < 4.78 is 13.1. The van der Waals surface area contributed by atoms with E-state index < -0.39 is 17.3 Å². The van der Waals surface area contributed by atoms with Crippen molar-refractivity contribution in [1.29, 1.82) is 0 Å². The highest BCUT2D eigenvalue weighted by atomic mass is 19.1. The van der Waals surface area contributed by atoms with Crippen LogP contribution >= 0.6 is 0 Å². The minimum Gasteiger partial charge on any atom is -0.505 e. The Morgan fingerprint density at radius 3 is 2.67 bits per heavy atom. The normalized spacial score (nSPS) is 9.92. The lowest BCUT2D eigenvalue weighted by Crippen LogP contribution is -2.01. The second-order valence-electron chi connectivity index (χ2n) is 2.47. The smallest absolute Gasteiger partial charge is 0.166 e. The summed E-state index contributed by atoms with van der Waals surface area (Å²) in [6, 6.07) is 0. The lowest BCUT2D eigenvalue weighted by Gasteiger charge is -2.02. The molecule has 12 heavy (non-hydrogen) atoms. The average Bonchev–Trinajstić information content (AvgIpc) is 1.97. The Hall–Kier alpha value is -1.45. The van der Waals surface area contributed by atoms with Gasteiger partial charge in [0.1, 0.15) is 5.75 Å². The first kappa shape index (κ1) is 8.64. The molecule has 0 unspecified atom stereocenters. The lowest BCUT2D eigenvalue weighted by atomic mass is 10.1. The molecule has 0 radical (unpaired) electrons. The number of aromatic nitrogens is 1. The standard InChI is InChI=1S/C8H8FNO2/c1-4-8(9)7(5(2)11)6(12)3-10-4/h3,12H,1-2H3. The molecule has 0 aromatic carbocycles. The van der Waals surface area contributed by atoms with Crippen LogP contribution in [0.4, 0.5) is 4.39 Å². The summed E-state index contributed by atoms with van der Waals surface area (Å²) in [6.07, 6.45) is 1.06. The second-order valence-corrected chi connectivity index (χ2v) is 2.47. The summed E-state index contributed by atoms with van der Waals surface area (Å²) in [5, 5.41) is 9.06. The minimum atomic E-state index is -0.748. The molecule has 0 spiro atoms. The molecule has 1 aromatic rings. The molecule has 3 nitrogen and oxygen atoms in total. The van der Waals surface area contributed by atoms with Crippen LogP contribution in [-0.2, 0) is 0 Å². The molecule has 1 aromatic heterocycles. The zero-order chi connectivity index (χ0) is 9.30.